The molecule has 1 aliphatic rings. The summed E-state index contributed by atoms with van der Waals surface area (Å²) in [5.41, 5.74) is 1.91. The van der Waals surface area contributed by atoms with Crippen molar-refractivity contribution in [3.63, 3.8) is 0 Å². The molecule has 0 bridgehead atoms. The van der Waals surface area contributed by atoms with Gasteiger partial charge in [0.15, 0.2) is 0 Å². The lowest BCUT2D eigenvalue weighted by atomic mass is 9.91. The molecule has 0 aliphatic heterocycles. The van der Waals surface area contributed by atoms with Crippen LogP contribution in [0, 0.1) is 18.2 Å². The van der Waals surface area contributed by atoms with Gasteiger partial charge in [-0.15, -0.1) is 0 Å². The van der Waals surface area contributed by atoms with Crippen LogP contribution in [0.25, 0.3) is 11.1 Å². The van der Waals surface area contributed by atoms with Crippen LogP contribution in [-0.2, 0) is 0 Å². The molecular weight excluding hydrogens is 459 g/mol. The Balaban J connectivity index is 2.02. The van der Waals surface area contributed by atoms with Gasteiger partial charge in [0.05, 0.1) is 0 Å². The van der Waals surface area contributed by atoms with Crippen molar-refractivity contribution < 1.29 is 18.8 Å². The lowest BCUT2D eigenvalue weighted by Crippen LogP contribution is -2.33. The second-order valence-corrected chi connectivity index (χ2v) is 10.9. The van der Waals surface area contributed by atoms with Crippen LogP contribution in [0.1, 0.15) is 70.3 Å². The van der Waals surface area contributed by atoms with Crippen molar-refractivity contribution >= 4 is 17.7 Å². The average molecular weight is 497 g/mol. The van der Waals surface area contributed by atoms with E-state index in [4.69, 9.17) is 0 Å². The Labute approximate surface area is 212 Å². The van der Waals surface area contributed by atoms with E-state index in [9.17, 15) is 18.8 Å². The van der Waals surface area contributed by atoms with E-state index in [1.807, 2.05) is 39.8 Å². The average Bonchev–Trinajstić information content (AvgIpc) is 3.62. The lowest BCUT2D eigenvalue weighted by molar-refractivity contribution is 0.0934. The lowest BCUT2D eigenvalue weighted by Gasteiger charge is -2.19. The molecule has 0 spiro atoms. The summed E-state index contributed by atoms with van der Waals surface area (Å²) in [5.74, 6) is -1.53. The number of nitrogens with zero attached hydrogens (tertiary/aromatic N) is 1. The van der Waals surface area contributed by atoms with Crippen LogP contribution in [0.15, 0.2) is 30.3 Å². The largest absolute Gasteiger partial charge is 0.352 e. The van der Waals surface area contributed by atoms with E-state index in [0.717, 1.165) is 12.8 Å². The molecule has 2 aromatic rings. The Bertz CT molecular complexity index is 1150. The van der Waals surface area contributed by atoms with Gasteiger partial charge >= 0.3 is 0 Å². The molecule has 194 valence electrons. The fraction of sp³-hybridized carbons (Fsp3) is 0.464. The molecule has 0 saturated heterocycles. The normalized spacial score (nSPS) is 13.4. The molecule has 3 rings (SSSR count). The molecule has 0 radical (unpaired) electrons. The Hall–Kier alpha value is -3.26. The van der Waals surface area contributed by atoms with E-state index in [0.29, 0.717) is 41.9 Å². The van der Waals surface area contributed by atoms with Crippen LogP contribution in [0.3, 0.4) is 0 Å². The van der Waals surface area contributed by atoms with E-state index in [1.165, 1.54) is 12.1 Å². The first-order valence-corrected chi connectivity index (χ1v) is 12.3. The van der Waals surface area contributed by atoms with Crippen molar-refractivity contribution in [2.24, 2.45) is 5.41 Å². The molecule has 3 N–H and O–H groups in total. The molecule has 1 fully saturated rings. The highest BCUT2D eigenvalue weighted by molar-refractivity contribution is 6.05. The molecule has 0 atom stereocenters. The van der Waals surface area contributed by atoms with E-state index in [2.05, 4.69) is 16.0 Å². The number of rotatable bonds is 9. The van der Waals surface area contributed by atoms with Crippen molar-refractivity contribution in [2.75, 3.05) is 33.7 Å². The molecule has 0 heterocycles. The molecular formula is C28H37FN4O3. The number of hydrogen-bond donors (Lipinski definition) is 3. The Morgan fingerprint density at radius 2 is 1.64 bits per heavy atom. The van der Waals surface area contributed by atoms with E-state index in [1.54, 1.807) is 25.1 Å². The zero-order chi connectivity index (χ0) is 26.6. The molecule has 2 aromatic carbocycles. The summed E-state index contributed by atoms with van der Waals surface area (Å²) in [6.45, 7) is 9.18. The maximum Gasteiger partial charge on any atom is 0.251 e. The van der Waals surface area contributed by atoms with Gasteiger partial charge in [-0.1, -0.05) is 26.8 Å². The first-order chi connectivity index (χ1) is 16.9. The summed E-state index contributed by atoms with van der Waals surface area (Å²) in [4.78, 5) is 40.7. The Morgan fingerprint density at radius 3 is 2.25 bits per heavy atom. The van der Waals surface area contributed by atoms with Gasteiger partial charge in [-0.3, -0.25) is 14.4 Å². The first kappa shape index (κ1) is 27.3. The summed E-state index contributed by atoms with van der Waals surface area (Å²) in [6, 6.07) is 7.78. The number of amides is 3. The van der Waals surface area contributed by atoms with Gasteiger partial charge in [0.2, 0.25) is 0 Å². The highest BCUT2D eigenvalue weighted by atomic mass is 19.1. The third kappa shape index (κ3) is 7.37. The fourth-order valence-electron chi connectivity index (χ4n) is 3.63. The number of nitrogens with one attached hydrogen (secondary N) is 3. The quantitative estimate of drug-likeness (QED) is 0.493. The van der Waals surface area contributed by atoms with E-state index in [-0.39, 0.29) is 40.3 Å². The van der Waals surface area contributed by atoms with E-state index < -0.39 is 5.82 Å². The van der Waals surface area contributed by atoms with Gasteiger partial charge in [0, 0.05) is 42.4 Å². The number of halogens is 1. The van der Waals surface area contributed by atoms with Crippen LogP contribution < -0.4 is 16.0 Å². The zero-order valence-corrected chi connectivity index (χ0v) is 22.0. The second kappa shape index (κ2) is 11.2. The number of hydrogen-bond acceptors (Lipinski definition) is 4. The van der Waals surface area contributed by atoms with Crippen LogP contribution in [-0.4, -0.2) is 62.4 Å². The molecule has 36 heavy (non-hydrogen) atoms. The summed E-state index contributed by atoms with van der Waals surface area (Å²) < 4.78 is 14.9. The minimum Gasteiger partial charge on any atom is -0.352 e. The van der Waals surface area contributed by atoms with Crippen molar-refractivity contribution in [3.8, 4) is 11.1 Å². The predicted octanol–water partition coefficient (Wildman–Crippen LogP) is 3.76. The van der Waals surface area contributed by atoms with Gasteiger partial charge in [-0.25, -0.2) is 4.39 Å². The van der Waals surface area contributed by atoms with Crippen LogP contribution in [0.4, 0.5) is 4.39 Å². The molecule has 0 unspecified atom stereocenters. The Kier molecular flexibility index (Phi) is 8.51. The minimum absolute atomic E-state index is 0.0991. The highest BCUT2D eigenvalue weighted by Gasteiger charge is 2.25. The summed E-state index contributed by atoms with van der Waals surface area (Å²) in [6.07, 6.45) is 1.84. The summed E-state index contributed by atoms with van der Waals surface area (Å²) in [7, 11) is 3.81. The molecule has 3 amide bonds. The highest BCUT2D eigenvalue weighted by Crippen LogP contribution is 2.31. The van der Waals surface area contributed by atoms with Crippen LogP contribution >= 0.6 is 0 Å². The molecule has 1 saturated carbocycles. The van der Waals surface area contributed by atoms with Gasteiger partial charge in [0.25, 0.3) is 17.7 Å². The van der Waals surface area contributed by atoms with Gasteiger partial charge in [-0.05, 0) is 80.2 Å². The third-order valence-corrected chi connectivity index (χ3v) is 5.96. The molecule has 8 heteroatoms. The van der Waals surface area contributed by atoms with Crippen LogP contribution in [0.5, 0.6) is 0 Å². The zero-order valence-electron chi connectivity index (χ0n) is 22.0. The maximum absolute atomic E-state index is 14.9. The van der Waals surface area contributed by atoms with Crippen molar-refractivity contribution in [1.82, 2.24) is 20.9 Å². The number of carbonyl (C=O) groups excluding carboxylic acids is 3. The second-order valence-electron chi connectivity index (χ2n) is 10.9. The summed E-state index contributed by atoms with van der Waals surface area (Å²) >= 11 is 0. The first-order valence-electron chi connectivity index (χ1n) is 12.3. The number of likely N-dealkylation sites (N-methyl/N-ethyl adjacent to an activating group) is 1. The van der Waals surface area contributed by atoms with Gasteiger partial charge in [0.1, 0.15) is 5.82 Å². The maximum atomic E-state index is 14.9. The standard InChI is InChI=1S/C28H37FN4O3/c1-17-22(14-19(15-24(17)29)26(35)32-20-8-9-20)21-10-7-18(25(34)31-16-28(2,3)4)13-23(21)27(36)30-11-12-33(5)6/h7,10,13-15,20H,8-9,11-12,16H2,1-6H3,(H,30,36)(H,31,34)(H,32,35). The third-order valence-electron chi connectivity index (χ3n) is 5.96. The monoisotopic (exact) mass is 496 g/mol. The molecule has 0 aromatic heterocycles. The smallest absolute Gasteiger partial charge is 0.251 e. The summed E-state index contributed by atoms with van der Waals surface area (Å²) in [5, 5.41) is 8.66. The number of benzene rings is 2. The SMILES string of the molecule is Cc1c(F)cc(C(=O)NC2CC2)cc1-c1ccc(C(=O)NCC(C)(C)C)cc1C(=O)NCCN(C)C. The Morgan fingerprint density at radius 1 is 0.944 bits per heavy atom. The van der Waals surface area contributed by atoms with Gasteiger partial charge < -0.3 is 20.9 Å². The molecule has 1 aliphatic carbocycles. The number of carbonyl (C=O) groups is 3. The van der Waals surface area contributed by atoms with Crippen molar-refractivity contribution in [2.45, 2.75) is 46.6 Å². The molecule has 7 nitrogen and oxygen atoms in total. The minimum atomic E-state index is -0.528. The fourth-order valence-corrected chi connectivity index (χ4v) is 3.63. The topological polar surface area (TPSA) is 90.5 Å². The van der Waals surface area contributed by atoms with E-state index >= 15 is 0 Å². The predicted molar refractivity (Wildman–Crippen MR) is 140 cm³/mol. The van der Waals surface area contributed by atoms with Gasteiger partial charge in [-0.2, -0.15) is 0 Å². The van der Waals surface area contributed by atoms with Crippen LogP contribution in [0.2, 0.25) is 0 Å². The van der Waals surface area contributed by atoms with Crippen molar-refractivity contribution in [3.05, 3.63) is 58.4 Å². The van der Waals surface area contributed by atoms with Crippen molar-refractivity contribution in [1.29, 1.82) is 0 Å².